The molecule has 2 atom stereocenters. The van der Waals surface area contributed by atoms with E-state index in [1.54, 1.807) is 0 Å². The number of rotatable bonds is 6. The molecule has 10 aromatic rings. The van der Waals surface area contributed by atoms with Crippen LogP contribution in [0.2, 0.25) is 19.6 Å². The second kappa shape index (κ2) is 15.2. The van der Waals surface area contributed by atoms with Crippen molar-refractivity contribution in [2.45, 2.75) is 84.0 Å². The summed E-state index contributed by atoms with van der Waals surface area (Å²) in [7, 11) is -1.62. The van der Waals surface area contributed by atoms with Crippen molar-refractivity contribution >= 4 is 51.9 Å². The van der Waals surface area contributed by atoms with E-state index in [1.165, 1.54) is 94.8 Å². The summed E-state index contributed by atoms with van der Waals surface area (Å²) in [5.41, 5.74) is 22.7. The Kier molecular flexibility index (Phi) is 9.20. The fourth-order valence-corrected chi connectivity index (χ4v) is 13.3. The van der Waals surface area contributed by atoms with Crippen molar-refractivity contribution in [1.82, 2.24) is 4.57 Å². The number of imidazole rings is 1. The molecule has 0 bridgehead atoms. The topological polar surface area (TPSA) is 25.8 Å². The zero-order valence-corrected chi connectivity index (χ0v) is 41.1. The zero-order chi connectivity index (χ0) is 46.2. The van der Waals surface area contributed by atoms with E-state index in [2.05, 4.69) is 231 Å². The molecule has 4 nitrogen and oxygen atoms in total. The number of nitrogens with zero attached hydrogens (tertiary/aromatic N) is 3. The SMILES string of the molecule is CC(C)c1cc(-c2ccccc2)cc(C(C)C)c1-n1c2[n+](c3ccccc31)C1=C(Cc3ccc4c(oc5cc(-c6ccccc6)ccc54)c3-2)C2c3ccccc3-c3ccc([Si](C)(C)C)c[n+]3C2C1. The molecular formula is C63H57N3OSi+2. The number of hydrogen-bond acceptors (Lipinski definition) is 1. The van der Waals surface area contributed by atoms with Crippen LogP contribution in [0.3, 0.4) is 0 Å². The summed E-state index contributed by atoms with van der Waals surface area (Å²) in [6, 6.07) is 61.7. The van der Waals surface area contributed by atoms with Gasteiger partial charge in [0.05, 0.1) is 26.0 Å². The van der Waals surface area contributed by atoms with Gasteiger partial charge in [0, 0.05) is 33.2 Å². The van der Waals surface area contributed by atoms with Crippen molar-refractivity contribution in [2.75, 3.05) is 0 Å². The van der Waals surface area contributed by atoms with E-state index in [9.17, 15) is 0 Å². The van der Waals surface area contributed by atoms with E-state index in [4.69, 9.17) is 4.42 Å². The Morgan fingerprint density at radius 2 is 1.29 bits per heavy atom. The molecule has 3 aromatic heterocycles. The van der Waals surface area contributed by atoms with Crippen molar-refractivity contribution < 1.29 is 13.6 Å². The van der Waals surface area contributed by atoms with Crippen molar-refractivity contribution in [1.29, 1.82) is 0 Å². The zero-order valence-electron chi connectivity index (χ0n) is 40.1. The molecule has 2 aliphatic heterocycles. The smallest absolute Gasteiger partial charge is 0.304 e. The minimum absolute atomic E-state index is 0.214. The molecule has 7 aromatic carbocycles. The summed E-state index contributed by atoms with van der Waals surface area (Å²) >= 11 is 0. The first-order valence-electron chi connectivity index (χ1n) is 24.7. The van der Waals surface area contributed by atoms with Crippen LogP contribution in [0.1, 0.15) is 80.2 Å². The van der Waals surface area contributed by atoms with E-state index in [0.29, 0.717) is 0 Å². The normalized spacial score (nSPS) is 16.2. The molecule has 5 heteroatoms. The monoisotopic (exact) mass is 899 g/mol. The third-order valence-corrected chi connectivity index (χ3v) is 17.6. The molecule has 0 fully saturated rings. The number of benzene rings is 7. The van der Waals surface area contributed by atoms with Crippen LogP contribution in [0.4, 0.5) is 0 Å². The number of para-hydroxylation sites is 2. The molecule has 68 heavy (non-hydrogen) atoms. The Labute approximate surface area is 400 Å². The van der Waals surface area contributed by atoms with Crippen LogP contribution in [0.25, 0.3) is 89.3 Å². The highest BCUT2D eigenvalue weighted by Gasteiger charge is 2.53. The third-order valence-electron chi connectivity index (χ3n) is 15.5. The molecule has 1 aliphatic carbocycles. The Morgan fingerprint density at radius 3 is 2.01 bits per heavy atom. The summed E-state index contributed by atoms with van der Waals surface area (Å²) in [5.74, 6) is 1.91. The lowest BCUT2D eigenvalue weighted by Crippen LogP contribution is -2.52. The maximum atomic E-state index is 7.38. The van der Waals surface area contributed by atoms with Crippen molar-refractivity contribution in [2.24, 2.45) is 0 Å². The van der Waals surface area contributed by atoms with Gasteiger partial charge in [-0.1, -0.05) is 163 Å². The number of aromatic nitrogens is 3. The fourth-order valence-electron chi connectivity index (χ4n) is 12.2. The quantitative estimate of drug-likeness (QED) is 0.121. The summed E-state index contributed by atoms with van der Waals surface area (Å²) in [4.78, 5) is 0. The number of hydrogen-bond donors (Lipinski definition) is 0. The van der Waals surface area contributed by atoms with Gasteiger partial charge in [-0.2, -0.15) is 13.7 Å². The first-order chi connectivity index (χ1) is 33.0. The van der Waals surface area contributed by atoms with Gasteiger partial charge >= 0.3 is 5.82 Å². The average molecular weight is 900 g/mol. The second-order valence-corrected chi connectivity index (χ2v) is 26.3. The average Bonchev–Trinajstić information content (AvgIpc) is 4.00. The minimum Gasteiger partial charge on any atom is -0.455 e. The number of fused-ring (bicyclic) bond motifs is 17. The summed E-state index contributed by atoms with van der Waals surface area (Å²) in [5, 5.41) is 3.80. The maximum Gasteiger partial charge on any atom is 0.304 e. The van der Waals surface area contributed by atoms with E-state index in [1.807, 2.05) is 0 Å². The number of pyridine rings is 1. The molecule has 13 rings (SSSR count). The molecule has 0 N–H and O–H groups in total. The molecule has 5 heterocycles. The lowest BCUT2D eigenvalue weighted by Gasteiger charge is -2.29. The summed E-state index contributed by atoms with van der Waals surface area (Å²) in [6.45, 7) is 16.9. The Morgan fingerprint density at radius 1 is 0.632 bits per heavy atom. The highest BCUT2D eigenvalue weighted by molar-refractivity contribution is 6.88. The van der Waals surface area contributed by atoms with Crippen LogP contribution in [0.15, 0.2) is 180 Å². The van der Waals surface area contributed by atoms with Crippen molar-refractivity contribution in [3.8, 4) is 50.6 Å². The van der Waals surface area contributed by atoms with E-state index >= 15 is 0 Å². The van der Waals surface area contributed by atoms with Gasteiger partial charge in [0.2, 0.25) is 5.69 Å². The molecule has 0 saturated heterocycles. The van der Waals surface area contributed by atoms with Crippen molar-refractivity contribution in [3.63, 3.8) is 0 Å². The van der Waals surface area contributed by atoms with Crippen LogP contribution in [-0.2, 0) is 6.42 Å². The van der Waals surface area contributed by atoms with Crippen LogP contribution in [0.5, 0.6) is 0 Å². The predicted molar refractivity (Wildman–Crippen MR) is 284 cm³/mol. The van der Waals surface area contributed by atoms with Gasteiger partial charge in [0.25, 0.3) is 0 Å². The van der Waals surface area contributed by atoms with Crippen LogP contribution in [0, 0.1) is 0 Å². The standard InChI is InChI=1S/C63H57N3OSi/c1-38(2)50-33-44(41-20-12-9-13-21-41)34-51(39(3)4)61(50)66-55-25-17-16-24-54(55)65-56-36-57-60(48-23-15-14-22-46(48)53-31-28-45(37-64(53)57)68(5,6)7)52(56)32-43-27-30-49-47-29-26-42(40-18-10-8-11-19-40)35-58(47)67-62(49)59(43)63(65)66/h8-31,33-35,37-39,57,60H,32,36H2,1-7H3/q+2. The molecule has 3 aliphatic rings. The fraction of sp³-hybridized carbons (Fsp3) is 0.206. The second-order valence-electron chi connectivity index (χ2n) is 21.3. The molecule has 0 amide bonds. The van der Waals surface area contributed by atoms with Gasteiger partial charge in [-0.15, -0.1) is 0 Å². The number of furan rings is 1. The molecule has 0 spiro atoms. The summed E-state index contributed by atoms with van der Waals surface area (Å²) in [6.07, 6.45) is 4.30. The first kappa shape index (κ1) is 41.1. The molecule has 332 valence electrons. The number of allylic oxidation sites excluding steroid dienone is 2. The van der Waals surface area contributed by atoms with E-state index in [0.717, 1.165) is 40.3 Å². The van der Waals surface area contributed by atoms with Gasteiger partial charge in [-0.3, -0.25) is 0 Å². The molecule has 2 unspecified atom stereocenters. The molecule has 0 radical (unpaired) electrons. The Hall–Kier alpha value is -7.08. The van der Waals surface area contributed by atoms with Gasteiger partial charge in [-0.25, -0.2) is 0 Å². The van der Waals surface area contributed by atoms with Crippen LogP contribution in [-0.4, -0.2) is 12.6 Å². The van der Waals surface area contributed by atoms with Gasteiger partial charge in [0.1, 0.15) is 22.5 Å². The maximum absolute atomic E-state index is 7.38. The van der Waals surface area contributed by atoms with Crippen LogP contribution >= 0.6 is 0 Å². The van der Waals surface area contributed by atoms with Crippen molar-refractivity contribution in [3.05, 3.63) is 198 Å². The first-order valence-corrected chi connectivity index (χ1v) is 28.2. The van der Waals surface area contributed by atoms with Gasteiger partial charge < -0.3 is 4.42 Å². The Balaban J connectivity index is 1.16. The lowest BCUT2D eigenvalue weighted by atomic mass is 9.79. The third kappa shape index (κ3) is 6.11. The highest BCUT2D eigenvalue weighted by Crippen LogP contribution is 2.55. The lowest BCUT2D eigenvalue weighted by molar-refractivity contribution is -0.715. The Bertz CT molecular complexity index is 3700. The molecular weight excluding hydrogens is 843 g/mol. The highest BCUT2D eigenvalue weighted by atomic mass is 28.3. The summed E-state index contributed by atoms with van der Waals surface area (Å²) < 4.78 is 15.5. The van der Waals surface area contributed by atoms with E-state index in [-0.39, 0.29) is 23.8 Å². The molecule has 0 saturated carbocycles. The minimum atomic E-state index is -1.62. The van der Waals surface area contributed by atoms with Gasteiger partial charge in [-0.05, 0) is 99.7 Å². The van der Waals surface area contributed by atoms with E-state index < -0.39 is 8.07 Å². The largest absolute Gasteiger partial charge is 0.455 e. The van der Waals surface area contributed by atoms with Crippen LogP contribution < -0.4 is 14.3 Å². The predicted octanol–water partition coefficient (Wildman–Crippen LogP) is 15.1. The van der Waals surface area contributed by atoms with Gasteiger partial charge in [0.15, 0.2) is 28.9 Å².